The minimum atomic E-state index is -3.75. The van der Waals surface area contributed by atoms with Crippen molar-refractivity contribution < 1.29 is 47.3 Å². The third-order valence-electron chi connectivity index (χ3n) is 10.2. The average Bonchev–Trinajstić information content (AvgIpc) is 3.66. The van der Waals surface area contributed by atoms with Crippen LogP contribution in [0, 0.1) is 11.8 Å². The number of aromatic nitrogens is 2. The number of aryl methyl sites for hydroxylation is 1. The first-order valence-electron chi connectivity index (χ1n) is 18.7. The van der Waals surface area contributed by atoms with Gasteiger partial charge in [0, 0.05) is 25.5 Å². The number of hydrogen-bond donors (Lipinski definition) is 5. The van der Waals surface area contributed by atoms with Gasteiger partial charge in [-0.15, -0.1) is 0 Å². The topological polar surface area (TPSA) is 259 Å². The van der Waals surface area contributed by atoms with Crippen LogP contribution in [0.15, 0.2) is 58.8 Å². The summed E-state index contributed by atoms with van der Waals surface area (Å²) in [6.45, 7) is 16.5. The summed E-state index contributed by atoms with van der Waals surface area (Å²) in [5.74, 6) is -2.77. The van der Waals surface area contributed by atoms with E-state index in [1.54, 1.807) is 64.2 Å². The van der Waals surface area contributed by atoms with Crippen LogP contribution in [0.4, 0.5) is 5.69 Å². The molecule has 0 saturated carbocycles. The van der Waals surface area contributed by atoms with Gasteiger partial charge in [0.05, 0.1) is 29.0 Å². The molecule has 2 aromatic heterocycles. The van der Waals surface area contributed by atoms with Crippen LogP contribution in [-0.4, -0.2) is 98.5 Å². The highest BCUT2D eigenvalue weighted by molar-refractivity contribution is 7.91. The molecule has 316 valence electrons. The summed E-state index contributed by atoms with van der Waals surface area (Å²) in [5, 5.41) is 24.0. The number of amides is 3. The lowest BCUT2D eigenvalue weighted by atomic mass is 9.89. The number of para-hydroxylation sites is 1. The van der Waals surface area contributed by atoms with Gasteiger partial charge in [-0.05, 0) is 81.3 Å². The number of carbonyl (C=O) groups excluding carboxylic acids is 3. The Morgan fingerprint density at radius 2 is 1.25 bits per heavy atom. The largest absolute Gasteiger partial charge is 0.478 e. The molecule has 0 bridgehead atoms. The SMILES string of the molecule is CC(C)N1C(=O)c2ccccc2NS1(=O)=O.CCc1cnc(C2=NC(C)(C(C)C)C(=O)N2)c(C(=O)O)c1.COCc1cnc(C2=NC(C)(C(C)C)C(=O)N2)c(C(=O)O)c1. The van der Waals surface area contributed by atoms with E-state index in [0.717, 1.165) is 9.87 Å². The summed E-state index contributed by atoms with van der Waals surface area (Å²) in [5.41, 5.74) is 0.780. The maximum absolute atomic E-state index is 12.2. The third-order valence-corrected chi connectivity index (χ3v) is 11.7. The molecule has 6 rings (SSSR count). The molecule has 0 aliphatic carbocycles. The fourth-order valence-electron chi connectivity index (χ4n) is 5.94. The summed E-state index contributed by atoms with van der Waals surface area (Å²) in [6, 6.07) is 9.21. The Balaban J connectivity index is 0.000000198. The number of nitrogens with one attached hydrogen (secondary N) is 3. The zero-order valence-electron chi connectivity index (χ0n) is 34.6. The lowest BCUT2D eigenvalue weighted by molar-refractivity contribution is -0.125. The van der Waals surface area contributed by atoms with Crippen LogP contribution in [0.5, 0.6) is 0 Å². The molecule has 1 aromatic carbocycles. The molecule has 5 N–H and O–H groups in total. The number of fused-ring (bicyclic) bond motifs is 1. The molecule has 3 aliphatic heterocycles. The maximum Gasteiger partial charge on any atom is 0.338 e. The van der Waals surface area contributed by atoms with Gasteiger partial charge < -0.3 is 25.6 Å². The quantitative estimate of drug-likeness (QED) is 0.194. The van der Waals surface area contributed by atoms with E-state index in [4.69, 9.17) is 4.74 Å². The van der Waals surface area contributed by atoms with Gasteiger partial charge in [-0.25, -0.2) is 23.9 Å². The Labute approximate surface area is 342 Å². The van der Waals surface area contributed by atoms with Crippen molar-refractivity contribution in [3.8, 4) is 0 Å². The van der Waals surface area contributed by atoms with Crippen molar-refractivity contribution in [3.63, 3.8) is 0 Å². The van der Waals surface area contributed by atoms with E-state index in [-0.39, 0.29) is 64.4 Å². The van der Waals surface area contributed by atoms with Gasteiger partial charge in [-0.3, -0.25) is 29.1 Å². The molecule has 19 heteroatoms. The summed E-state index contributed by atoms with van der Waals surface area (Å²) < 4.78 is 31.8. The number of carbonyl (C=O) groups is 5. The van der Waals surface area contributed by atoms with E-state index in [9.17, 15) is 42.6 Å². The number of aromatic carboxylic acids is 2. The standard InChI is InChI=1S/C15H19N3O4.C15H19N3O3.C10H12N2O3S/c1-8(2)15(3)14(21)17-12(18-15)11-10(13(19)20)5-9(6-16-11)7-22-4;1-5-9-6-10(13(19)20)11(16-7-9)12-17-14(21)15(4,18-12)8(2)3;1-7(2)12-10(13)8-5-3-4-6-9(8)11-16(12,14)15/h5-6,8H,7H2,1-4H3,(H,19,20)(H,17,18,21);6-8H,5H2,1-4H3,(H,19,20)(H,17,18,21);3-7,11H,1-2H3. The van der Waals surface area contributed by atoms with Gasteiger partial charge in [-0.2, -0.15) is 8.42 Å². The predicted octanol–water partition coefficient (Wildman–Crippen LogP) is 4.06. The van der Waals surface area contributed by atoms with Crippen molar-refractivity contribution in [1.29, 1.82) is 0 Å². The van der Waals surface area contributed by atoms with Gasteiger partial charge in [-0.1, -0.05) is 46.8 Å². The number of carboxylic acid groups (broad SMARTS) is 2. The van der Waals surface area contributed by atoms with E-state index in [1.807, 2.05) is 34.6 Å². The fraction of sp³-hybridized carbons (Fsp3) is 0.425. The molecular weight excluding hydrogens is 785 g/mol. The maximum atomic E-state index is 12.2. The summed E-state index contributed by atoms with van der Waals surface area (Å²) >= 11 is 0. The Hall–Kier alpha value is -6.08. The number of amidine groups is 2. The number of benzene rings is 1. The normalized spacial score (nSPS) is 20.4. The molecule has 2 atom stereocenters. The van der Waals surface area contributed by atoms with Gasteiger partial charge in [0.2, 0.25) is 0 Å². The molecule has 59 heavy (non-hydrogen) atoms. The van der Waals surface area contributed by atoms with Crippen LogP contribution in [0.1, 0.15) is 116 Å². The van der Waals surface area contributed by atoms with Crippen molar-refractivity contribution in [2.45, 2.75) is 92.5 Å². The van der Waals surface area contributed by atoms with Gasteiger partial charge in [0.25, 0.3) is 17.7 Å². The highest BCUT2D eigenvalue weighted by Gasteiger charge is 2.44. The van der Waals surface area contributed by atoms with Crippen LogP contribution in [0.2, 0.25) is 0 Å². The second-order valence-corrected chi connectivity index (χ2v) is 16.7. The second-order valence-electron chi connectivity index (χ2n) is 15.2. The van der Waals surface area contributed by atoms with Gasteiger partial charge in [0.1, 0.15) is 22.5 Å². The minimum Gasteiger partial charge on any atom is -0.478 e. The minimum absolute atomic E-state index is 0.00167. The van der Waals surface area contributed by atoms with Crippen LogP contribution in [0.25, 0.3) is 0 Å². The van der Waals surface area contributed by atoms with Gasteiger partial charge in [0.15, 0.2) is 11.7 Å². The van der Waals surface area contributed by atoms with Crippen LogP contribution >= 0.6 is 0 Å². The fourth-order valence-corrected chi connectivity index (χ4v) is 7.37. The van der Waals surface area contributed by atoms with Crippen molar-refractivity contribution >= 4 is 57.2 Å². The molecule has 3 amide bonds. The van der Waals surface area contributed by atoms with E-state index < -0.39 is 45.2 Å². The summed E-state index contributed by atoms with van der Waals surface area (Å²) in [6.07, 6.45) is 3.82. The first-order valence-corrected chi connectivity index (χ1v) is 20.2. The molecule has 2 unspecified atom stereocenters. The van der Waals surface area contributed by atoms with Crippen molar-refractivity contribution in [1.82, 2.24) is 24.9 Å². The monoisotopic (exact) mass is 834 g/mol. The summed E-state index contributed by atoms with van der Waals surface area (Å²) in [4.78, 5) is 76.3. The molecule has 0 spiro atoms. The molecule has 0 saturated heterocycles. The number of aliphatic imine (C=N–C) groups is 2. The molecule has 18 nitrogen and oxygen atoms in total. The van der Waals surface area contributed by atoms with Crippen molar-refractivity contribution in [2.24, 2.45) is 21.8 Å². The van der Waals surface area contributed by atoms with Crippen LogP contribution in [-0.2, 0) is 37.6 Å². The second kappa shape index (κ2) is 17.8. The van der Waals surface area contributed by atoms with Crippen LogP contribution in [0.3, 0.4) is 0 Å². The lowest BCUT2D eigenvalue weighted by Crippen LogP contribution is -2.48. The number of rotatable bonds is 10. The predicted molar refractivity (Wildman–Crippen MR) is 219 cm³/mol. The zero-order valence-corrected chi connectivity index (χ0v) is 35.4. The van der Waals surface area contributed by atoms with Gasteiger partial charge >= 0.3 is 22.1 Å². The van der Waals surface area contributed by atoms with E-state index in [0.29, 0.717) is 23.2 Å². The number of ether oxygens (including phenoxy) is 1. The number of pyridine rings is 2. The smallest absolute Gasteiger partial charge is 0.338 e. The third kappa shape index (κ3) is 9.46. The Morgan fingerprint density at radius 3 is 1.66 bits per heavy atom. The van der Waals surface area contributed by atoms with E-state index in [1.165, 1.54) is 19.4 Å². The molecule has 0 fully saturated rings. The van der Waals surface area contributed by atoms with E-state index >= 15 is 0 Å². The number of carboxylic acids is 2. The lowest BCUT2D eigenvalue weighted by Gasteiger charge is -2.31. The average molecular weight is 835 g/mol. The number of nitrogens with zero attached hydrogens (tertiary/aromatic N) is 5. The molecule has 5 heterocycles. The molecule has 0 radical (unpaired) electrons. The Bertz CT molecular complexity index is 2340. The highest BCUT2D eigenvalue weighted by atomic mass is 32.2. The van der Waals surface area contributed by atoms with Crippen molar-refractivity contribution in [3.05, 3.63) is 88.0 Å². The molecular formula is C40H50N8O10S. The Kier molecular flexibility index (Phi) is 13.8. The number of anilines is 1. The summed E-state index contributed by atoms with van der Waals surface area (Å²) in [7, 11) is -2.23. The number of hydrogen-bond acceptors (Lipinski definition) is 12. The molecule has 3 aromatic rings. The number of methoxy groups -OCH3 is 1. The van der Waals surface area contributed by atoms with Crippen LogP contribution < -0.4 is 15.4 Å². The highest BCUT2D eigenvalue weighted by Crippen LogP contribution is 2.30. The first kappa shape index (κ1) is 45.6. The van der Waals surface area contributed by atoms with Crippen molar-refractivity contribution in [2.75, 3.05) is 11.8 Å². The first-order chi connectivity index (χ1) is 27.5. The zero-order chi connectivity index (χ0) is 44.2. The van der Waals surface area contributed by atoms with E-state index in [2.05, 4.69) is 35.3 Å². The molecule has 3 aliphatic rings. The Morgan fingerprint density at radius 1 is 0.797 bits per heavy atom.